The molecule has 0 spiro atoms. The summed E-state index contributed by atoms with van der Waals surface area (Å²) < 4.78 is 0. The van der Waals surface area contributed by atoms with Crippen molar-refractivity contribution in [2.45, 2.75) is 39.0 Å². The SMILES string of the molecule is CCC=C[C@H]1CC[C@H](C(CO)CO)CC1. The molecule has 1 fully saturated rings. The molecule has 2 N–H and O–H groups in total. The first-order chi connectivity index (χ1) is 7.31. The number of rotatable bonds is 5. The van der Waals surface area contributed by atoms with Crippen LogP contribution in [0.15, 0.2) is 12.2 Å². The van der Waals surface area contributed by atoms with Gasteiger partial charge in [0.15, 0.2) is 0 Å². The molecular formula is C13H24O2. The van der Waals surface area contributed by atoms with Gasteiger partial charge in [0.05, 0.1) is 0 Å². The van der Waals surface area contributed by atoms with E-state index in [1.54, 1.807) is 0 Å². The van der Waals surface area contributed by atoms with Gasteiger partial charge in [0.25, 0.3) is 0 Å². The lowest BCUT2D eigenvalue weighted by Gasteiger charge is -2.31. The van der Waals surface area contributed by atoms with Crippen molar-refractivity contribution in [3.63, 3.8) is 0 Å². The van der Waals surface area contributed by atoms with Gasteiger partial charge in [-0.3, -0.25) is 0 Å². The molecule has 1 aliphatic carbocycles. The third kappa shape index (κ3) is 3.96. The normalized spacial score (nSPS) is 27.7. The van der Waals surface area contributed by atoms with Crippen molar-refractivity contribution >= 4 is 0 Å². The van der Waals surface area contributed by atoms with E-state index in [0.717, 1.165) is 25.2 Å². The molecule has 0 amide bonds. The van der Waals surface area contributed by atoms with Crippen LogP contribution in [0.4, 0.5) is 0 Å². The van der Waals surface area contributed by atoms with Crippen LogP contribution in [0.5, 0.6) is 0 Å². The Balaban J connectivity index is 2.31. The van der Waals surface area contributed by atoms with Crippen LogP contribution in [-0.4, -0.2) is 23.4 Å². The predicted octanol–water partition coefficient (Wildman–Crippen LogP) is 2.36. The second kappa shape index (κ2) is 7.02. The zero-order chi connectivity index (χ0) is 11.1. The molecule has 1 aliphatic rings. The van der Waals surface area contributed by atoms with E-state index in [9.17, 15) is 0 Å². The molecule has 1 rings (SSSR count). The van der Waals surface area contributed by atoms with Gasteiger partial charge in [-0.25, -0.2) is 0 Å². The smallest absolute Gasteiger partial charge is 0.0483 e. The largest absolute Gasteiger partial charge is 0.396 e. The summed E-state index contributed by atoms with van der Waals surface area (Å²) in [6.07, 6.45) is 10.5. The molecule has 0 bridgehead atoms. The maximum absolute atomic E-state index is 9.11. The Hall–Kier alpha value is -0.340. The van der Waals surface area contributed by atoms with Crippen LogP contribution >= 0.6 is 0 Å². The van der Waals surface area contributed by atoms with E-state index in [4.69, 9.17) is 10.2 Å². The van der Waals surface area contributed by atoms with Gasteiger partial charge in [-0.05, 0) is 43.9 Å². The molecule has 0 aromatic rings. The number of aliphatic hydroxyl groups excluding tert-OH is 2. The average molecular weight is 212 g/mol. The number of aliphatic hydroxyl groups is 2. The Labute approximate surface area is 93.0 Å². The highest BCUT2D eigenvalue weighted by molar-refractivity contribution is 4.91. The standard InChI is InChI=1S/C13H24O2/c1-2-3-4-11-5-7-12(8-6-11)13(9-14)10-15/h3-4,11-15H,2,5-10H2,1H3/t11-,12-. The van der Waals surface area contributed by atoms with Gasteiger partial charge in [-0.2, -0.15) is 0 Å². The average Bonchev–Trinajstić information content (AvgIpc) is 2.29. The first-order valence-electron chi connectivity index (χ1n) is 6.20. The molecule has 2 nitrogen and oxygen atoms in total. The fraction of sp³-hybridized carbons (Fsp3) is 0.846. The van der Waals surface area contributed by atoms with E-state index in [1.807, 2.05) is 0 Å². The van der Waals surface area contributed by atoms with E-state index in [0.29, 0.717) is 5.92 Å². The molecule has 0 unspecified atom stereocenters. The Bertz CT molecular complexity index is 177. The molecule has 15 heavy (non-hydrogen) atoms. The zero-order valence-electron chi connectivity index (χ0n) is 9.73. The minimum absolute atomic E-state index is 0.112. The number of hydrogen-bond donors (Lipinski definition) is 2. The van der Waals surface area contributed by atoms with Crippen LogP contribution in [0.1, 0.15) is 39.0 Å². The van der Waals surface area contributed by atoms with Crippen LogP contribution < -0.4 is 0 Å². The fourth-order valence-corrected chi connectivity index (χ4v) is 2.49. The lowest BCUT2D eigenvalue weighted by molar-refractivity contribution is 0.0833. The molecule has 0 aromatic carbocycles. The minimum atomic E-state index is 0.112. The molecule has 1 saturated carbocycles. The molecule has 0 atom stereocenters. The maximum Gasteiger partial charge on any atom is 0.0483 e. The Morgan fingerprint density at radius 3 is 2.20 bits per heavy atom. The molecule has 0 heterocycles. The van der Waals surface area contributed by atoms with E-state index < -0.39 is 0 Å². The van der Waals surface area contributed by atoms with Gasteiger partial charge in [0.2, 0.25) is 0 Å². The summed E-state index contributed by atoms with van der Waals surface area (Å²) in [6.45, 7) is 2.43. The van der Waals surface area contributed by atoms with Crippen molar-refractivity contribution in [1.82, 2.24) is 0 Å². The first-order valence-corrected chi connectivity index (χ1v) is 6.20. The highest BCUT2D eigenvalue weighted by Gasteiger charge is 2.25. The monoisotopic (exact) mass is 212 g/mol. The highest BCUT2D eigenvalue weighted by atomic mass is 16.3. The second-order valence-electron chi connectivity index (χ2n) is 4.64. The molecule has 0 aromatic heterocycles. The quantitative estimate of drug-likeness (QED) is 0.687. The third-order valence-corrected chi connectivity index (χ3v) is 3.60. The molecular weight excluding hydrogens is 188 g/mol. The number of allylic oxidation sites excluding steroid dienone is 2. The number of hydrogen-bond acceptors (Lipinski definition) is 2. The summed E-state index contributed by atoms with van der Waals surface area (Å²) in [4.78, 5) is 0. The summed E-state index contributed by atoms with van der Waals surface area (Å²) in [5.74, 6) is 1.38. The van der Waals surface area contributed by atoms with E-state index >= 15 is 0 Å². The topological polar surface area (TPSA) is 40.5 Å². The third-order valence-electron chi connectivity index (χ3n) is 3.60. The molecule has 0 aliphatic heterocycles. The fourth-order valence-electron chi connectivity index (χ4n) is 2.49. The van der Waals surface area contributed by atoms with Crippen molar-refractivity contribution in [3.8, 4) is 0 Å². The predicted molar refractivity (Wildman–Crippen MR) is 62.5 cm³/mol. The van der Waals surface area contributed by atoms with Crippen molar-refractivity contribution in [1.29, 1.82) is 0 Å². The summed E-state index contributed by atoms with van der Waals surface area (Å²) in [5, 5.41) is 18.2. The second-order valence-corrected chi connectivity index (χ2v) is 4.64. The van der Waals surface area contributed by atoms with E-state index in [1.165, 1.54) is 12.8 Å². The minimum Gasteiger partial charge on any atom is -0.396 e. The molecule has 0 radical (unpaired) electrons. The lowest BCUT2D eigenvalue weighted by atomic mass is 9.76. The van der Waals surface area contributed by atoms with Gasteiger partial charge >= 0.3 is 0 Å². The van der Waals surface area contributed by atoms with Crippen LogP contribution in [0.3, 0.4) is 0 Å². The Morgan fingerprint density at radius 1 is 1.13 bits per heavy atom. The maximum atomic E-state index is 9.11. The van der Waals surface area contributed by atoms with Crippen molar-refractivity contribution in [2.75, 3.05) is 13.2 Å². The van der Waals surface area contributed by atoms with Crippen molar-refractivity contribution < 1.29 is 10.2 Å². The molecule has 2 heteroatoms. The van der Waals surface area contributed by atoms with Crippen LogP contribution in [0, 0.1) is 17.8 Å². The van der Waals surface area contributed by atoms with Crippen LogP contribution in [-0.2, 0) is 0 Å². The Morgan fingerprint density at radius 2 is 1.73 bits per heavy atom. The zero-order valence-corrected chi connectivity index (χ0v) is 9.73. The molecule has 0 saturated heterocycles. The van der Waals surface area contributed by atoms with Crippen LogP contribution in [0.25, 0.3) is 0 Å². The van der Waals surface area contributed by atoms with Gasteiger partial charge < -0.3 is 10.2 Å². The van der Waals surface area contributed by atoms with Crippen molar-refractivity contribution in [2.24, 2.45) is 17.8 Å². The van der Waals surface area contributed by atoms with Crippen molar-refractivity contribution in [3.05, 3.63) is 12.2 Å². The van der Waals surface area contributed by atoms with Gasteiger partial charge in [0.1, 0.15) is 0 Å². The lowest BCUT2D eigenvalue weighted by Crippen LogP contribution is -2.26. The summed E-state index contributed by atoms with van der Waals surface area (Å²) >= 11 is 0. The van der Waals surface area contributed by atoms with Gasteiger partial charge in [-0.1, -0.05) is 19.1 Å². The van der Waals surface area contributed by atoms with E-state index in [-0.39, 0.29) is 19.1 Å². The highest BCUT2D eigenvalue weighted by Crippen LogP contribution is 2.33. The summed E-state index contributed by atoms with van der Waals surface area (Å²) in [7, 11) is 0. The van der Waals surface area contributed by atoms with Gasteiger partial charge in [0, 0.05) is 19.1 Å². The van der Waals surface area contributed by atoms with Crippen LogP contribution in [0.2, 0.25) is 0 Å². The van der Waals surface area contributed by atoms with Gasteiger partial charge in [-0.15, -0.1) is 0 Å². The molecule has 88 valence electrons. The summed E-state index contributed by atoms with van der Waals surface area (Å²) in [5.41, 5.74) is 0. The van der Waals surface area contributed by atoms with E-state index in [2.05, 4.69) is 19.1 Å². The summed E-state index contributed by atoms with van der Waals surface area (Å²) in [6, 6.07) is 0. The first kappa shape index (κ1) is 12.7. The Kier molecular flexibility index (Phi) is 5.96.